The van der Waals surface area contributed by atoms with E-state index in [-0.39, 0.29) is 5.70 Å². The second kappa shape index (κ2) is 9.91. The Bertz CT molecular complexity index is 1270. The van der Waals surface area contributed by atoms with Crippen LogP contribution in [0, 0.1) is 0 Å². The quantitative estimate of drug-likeness (QED) is 0.547. The monoisotopic (exact) mass is 457 g/mol. The summed E-state index contributed by atoms with van der Waals surface area (Å²) in [5.41, 5.74) is 4.59. The molecule has 0 atom stereocenters. The molecule has 0 fully saturated rings. The third-order valence-corrected chi connectivity index (χ3v) is 5.17. The van der Waals surface area contributed by atoms with Gasteiger partial charge in [0.25, 0.3) is 11.8 Å². The topological polar surface area (TPSA) is 89.5 Å². The predicted molar refractivity (Wildman–Crippen MR) is 128 cm³/mol. The number of carbonyl (C=O) groups is 2. The van der Waals surface area contributed by atoms with Gasteiger partial charge in [0.15, 0.2) is 17.3 Å². The van der Waals surface area contributed by atoms with Crippen LogP contribution < -0.4 is 19.6 Å². The summed E-state index contributed by atoms with van der Waals surface area (Å²) < 4.78 is 15.8. The van der Waals surface area contributed by atoms with Gasteiger partial charge in [-0.05, 0) is 48.0 Å². The van der Waals surface area contributed by atoms with Crippen molar-refractivity contribution in [3.63, 3.8) is 0 Å². The Morgan fingerprint density at radius 3 is 2.24 bits per heavy atom. The first-order valence-electron chi connectivity index (χ1n) is 10.4. The molecule has 0 radical (unpaired) electrons. The first kappa shape index (κ1) is 22.6. The normalized spacial score (nSPS) is 14.1. The molecule has 0 saturated carbocycles. The number of rotatable bonds is 7. The molecule has 4 rings (SSSR count). The highest BCUT2D eigenvalue weighted by Crippen LogP contribution is 2.29. The molecular formula is C26H23N3O5. The molecule has 172 valence electrons. The maximum Gasteiger partial charge on any atom is 0.297 e. The molecule has 3 aromatic carbocycles. The number of amides is 2. The Kier molecular flexibility index (Phi) is 6.59. The molecule has 8 nitrogen and oxygen atoms in total. The van der Waals surface area contributed by atoms with Crippen LogP contribution in [0.5, 0.6) is 17.2 Å². The molecule has 0 aromatic heterocycles. The summed E-state index contributed by atoms with van der Waals surface area (Å²) in [5.74, 6) is 1.13. The molecule has 0 spiro atoms. The zero-order valence-corrected chi connectivity index (χ0v) is 18.9. The highest BCUT2D eigenvalue weighted by atomic mass is 16.5. The van der Waals surface area contributed by atoms with Crippen LogP contribution in [-0.4, -0.2) is 44.0 Å². The van der Waals surface area contributed by atoms with Gasteiger partial charge in [0.2, 0.25) is 0 Å². The molecule has 1 N–H and O–H groups in total. The lowest BCUT2D eigenvalue weighted by molar-refractivity contribution is -0.124. The Labute approximate surface area is 197 Å². The number of nitrogens with one attached hydrogen (secondary N) is 1. The summed E-state index contributed by atoms with van der Waals surface area (Å²) in [6.45, 7) is 0. The van der Waals surface area contributed by atoms with E-state index in [1.807, 2.05) is 30.3 Å². The Morgan fingerprint density at radius 2 is 1.59 bits per heavy atom. The Balaban J connectivity index is 1.67. The SMILES string of the molecule is COc1ccc(C(=O)NN2C(=O)C(=Cc3ccc(OC)c(OC)c3)N=C2c2ccccc2)cc1. The minimum Gasteiger partial charge on any atom is -0.497 e. The average molecular weight is 457 g/mol. The van der Waals surface area contributed by atoms with Crippen molar-refractivity contribution in [2.45, 2.75) is 0 Å². The van der Waals surface area contributed by atoms with Gasteiger partial charge in [-0.2, -0.15) is 5.01 Å². The maximum atomic E-state index is 13.3. The van der Waals surface area contributed by atoms with Crippen molar-refractivity contribution >= 4 is 23.7 Å². The fraction of sp³-hybridized carbons (Fsp3) is 0.115. The van der Waals surface area contributed by atoms with Crippen LogP contribution in [-0.2, 0) is 4.79 Å². The first-order chi connectivity index (χ1) is 16.5. The van der Waals surface area contributed by atoms with Gasteiger partial charge in [0, 0.05) is 11.1 Å². The third kappa shape index (κ3) is 4.61. The number of methoxy groups -OCH3 is 3. The molecule has 1 aliphatic heterocycles. The lowest BCUT2D eigenvalue weighted by Crippen LogP contribution is -2.47. The van der Waals surface area contributed by atoms with Crippen LogP contribution in [0.15, 0.2) is 83.5 Å². The van der Waals surface area contributed by atoms with E-state index < -0.39 is 11.8 Å². The summed E-state index contributed by atoms with van der Waals surface area (Å²) in [5, 5.41) is 1.16. The molecular weight excluding hydrogens is 434 g/mol. The van der Waals surface area contributed by atoms with Crippen LogP contribution in [0.3, 0.4) is 0 Å². The average Bonchev–Trinajstić information content (AvgIpc) is 3.19. The zero-order valence-electron chi connectivity index (χ0n) is 18.9. The Morgan fingerprint density at radius 1 is 0.882 bits per heavy atom. The highest BCUT2D eigenvalue weighted by molar-refractivity contribution is 6.20. The van der Waals surface area contributed by atoms with Gasteiger partial charge in [-0.25, -0.2) is 4.99 Å². The van der Waals surface area contributed by atoms with Crippen LogP contribution in [0.1, 0.15) is 21.5 Å². The molecule has 0 bridgehead atoms. The van der Waals surface area contributed by atoms with E-state index in [0.29, 0.717) is 39.8 Å². The van der Waals surface area contributed by atoms with Crippen molar-refractivity contribution in [1.82, 2.24) is 10.4 Å². The van der Waals surface area contributed by atoms with E-state index in [2.05, 4.69) is 10.4 Å². The smallest absolute Gasteiger partial charge is 0.297 e. The highest BCUT2D eigenvalue weighted by Gasteiger charge is 2.33. The zero-order chi connectivity index (χ0) is 24.1. The minimum atomic E-state index is -0.463. The van der Waals surface area contributed by atoms with Gasteiger partial charge in [-0.3, -0.25) is 15.0 Å². The van der Waals surface area contributed by atoms with E-state index in [4.69, 9.17) is 14.2 Å². The van der Waals surface area contributed by atoms with Crippen LogP contribution in [0.2, 0.25) is 0 Å². The number of hydrogen-bond acceptors (Lipinski definition) is 6. The summed E-state index contributed by atoms with van der Waals surface area (Å²) in [7, 11) is 4.64. The number of nitrogens with zero attached hydrogens (tertiary/aromatic N) is 2. The van der Waals surface area contributed by atoms with Gasteiger partial charge >= 0.3 is 0 Å². The van der Waals surface area contributed by atoms with E-state index in [1.165, 1.54) is 7.11 Å². The van der Waals surface area contributed by atoms with Gasteiger partial charge < -0.3 is 14.2 Å². The molecule has 1 aliphatic rings. The second-order valence-corrected chi connectivity index (χ2v) is 7.26. The van der Waals surface area contributed by atoms with Gasteiger partial charge in [0.05, 0.1) is 21.3 Å². The molecule has 0 unspecified atom stereocenters. The van der Waals surface area contributed by atoms with Gasteiger partial charge in [-0.15, -0.1) is 0 Å². The summed E-state index contributed by atoms with van der Waals surface area (Å²) in [6.07, 6.45) is 1.63. The van der Waals surface area contributed by atoms with E-state index in [1.54, 1.807) is 62.8 Å². The fourth-order valence-electron chi connectivity index (χ4n) is 3.41. The van der Waals surface area contributed by atoms with Crippen LogP contribution in [0.4, 0.5) is 0 Å². The Hall–Kier alpha value is -4.59. The summed E-state index contributed by atoms with van der Waals surface area (Å²) >= 11 is 0. The molecule has 8 heteroatoms. The molecule has 0 aliphatic carbocycles. The van der Waals surface area contributed by atoms with E-state index in [0.717, 1.165) is 5.01 Å². The number of hydrazine groups is 1. The van der Waals surface area contributed by atoms with Crippen molar-refractivity contribution in [3.8, 4) is 17.2 Å². The number of amidine groups is 1. The number of benzene rings is 3. The number of aliphatic imine (C=N–C) groups is 1. The number of carbonyl (C=O) groups excluding carboxylic acids is 2. The number of ether oxygens (including phenoxy) is 3. The minimum absolute atomic E-state index is 0.168. The third-order valence-electron chi connectivity index (χ3n) is 5.17. The van der Waals surface area contributed by atoms with Crippen LogP contribution in [0.25, 0.3) is 6.08 Å². The lowest BCUT2D eigenvalue weighted by atomic mass is 10.1. The summed E-state index contributed by atoms with van der Waals surface area (Å²) in [4.78, 5) is 30.7. The molecule has 0 saturated heterocycles. The molecule has 34 heavy (non-hydrogen) atoms. The molecule has 1 heterocycles. The standard InChI is InChI=1S/C26H23N3O5/c1-32-20-12-10-19(11-13-20)25(30)28-29-24(18-7-5-4-6-8-18)27-21(26(29)31)15-17-9-14-22(33-2)23(16-17)34-3/h4-16H,1-3H3,(H,28,30). The summed E-state index contributed by atoms with van der Waals surface area (Å²) in [6, 6.07) is 21.0. The van der Waals surface area contributed by atoms with E-state index >= 15 is 0 Å². The predicted octanol–water partition coefficient (Wildman–Crippen LogP) is 3.69. The van der Waals surface area contributed by atoms with Crippen LogP contribution >= 0.6 is 0 Å². The van der Waals surface area contributed by atoms with Gasteiger partial charge in [-0.1, -0.05) is 36.4 Å². The fourth-order valence-corrected chi connectivity index (χ4v) is 3.41. The van der Waals surface area contributed by atoms with Crippen molar-refractivity contribution < 1.29 is 23.8 Å². The maximum absolute atomic E-state index is 13.3. The largest absolute Gasteiger partial charge is 0.497 e. The molecule has 3 aromatic rings. The lowest BCUT2D eigenvalue weighted by Gasteiger charge is -2.19. The first-order valence-corrected chi connectivity index (χ1v) is 10.4. The second-order valence-electron chi connectivity index (χ2n) is 7.26. The van der Waals surface area contributed by atoms with Crippen molar-refractivity contribution in [3.05, 3.63) is 95.2 Å². The van der Waals surface area contributed by atoms with E-state index in [9.17, 15) is 9.59 Å². The molecule has 2 amide bonds. The number of hydrogen-bond donors (Lipinski definition) is 1. The van der Waals surface area contributed by atoms with Crippen molar-refractivity contribution in [2.75, 3.05) is 21.3 Å². The van der Waals surface area contributed by atoms with Crippen molar-refractivity contribution in [1.29, 1.82) is 0 Å². The van der Waals surface area contributed by atoms with Crippen molar-refractivity contribution in [2.24, 2.45) is 4.99 Å². The van der Waals surface area contributed by atoms with Gasteiger partial charge in [0.1, 0.15) is 11.4 Å².